The van der Waals surface area contributed by atoms with Gasteiger partial charge in [0.25, 0.3) is 0 Å². The predicted octanol–water partition coefficient (Wildman–Crippen LogP) is 3.63. The maximum Gasteiger partial charge on any atom is 0.323 e. The van der Waals surface area contributed by atoms with Gasteiger partial charge in [0.1, 0.15) is 12.4 Å². The maximum atomic E-state index is 13.5. The Bertz CT molecular complexity index is 1070. The summed E-state index contributed by atoms with van der Waals surface area (Å²) >= 11 is 0. The smallest absolute Gasteiger partial charge is 0.323 e. The number of carboxylic acid groups (broad SMARTS) is 1. The second-order valence-corrected chi connectivity index (χ2v) is 7.24. The number of carbonyl (C=O) groups is 2. The molecule has 1 aliphatic carbocycles. The van der Waals surface area contributed by atoms with E-state index in [1.165, 1.54) is 17.0 Å². The Kier molecular flexibility index (Phi) is 4.63. The summed E-state index contributed by atoms with van der Waals surface area (Å²) < 4.78 is 15.4. The largest absolute Gasteiger partial charge is 0.480 e. The molecule has 0 radical (unpaired) electrons. The van der Waals surface area contributed by atoms with Crippen LogP contribution in [0.15, 0.2) is 48.5 Å². The van der Waals surface area contributed by atoms with Gasteiger partial charge in [-0.15, -0.1) is 0 Å². The lowest BCUT2D eigenvalue weighted by Crippen LogP contribution is -2.36. The Labute approximate surface area is 162 Å². The fourth-order valence-electron chi connectivity index (χ4n) is 4.21. The molecule has 1 heterocycles. The third kappa shape index (κ3) is 3.15. The minimum Gasteiger partial charge on any atom is -0.480 e. The Morgan fingerprint density at radius 2 is 2.00 bits per heavy atom. The van der Waals surface area contributed by atoms with E-state index in [2.05, 4.69) is 0 Å². The van der Waals surface area contributed by atoms with Crippen LogP contribution in [0, 0.1) is 11.7 Å². The van der Waals surface area contributed by atoms with Crippen LogP contribution in [0.5, 0.6) is 0 Å². The average Bonchev–Trinajstić information content (AvgIpc) is 3.00. The molecule has 1 unspecified atom stereocenters. The fourth-order valence-corrected chi connectivity index (χ4v) is 4.21. The third-order valence-electron chi connectivity index (χ3n) is 5.54. The van der Waals surface area contributed by atoms with Gasteiger partial charge in [-0.1, -0.05) is 24.3 Å². The number of nitrogens with zero attached hydrogens (tertiary/aromatic N) is 2. The molecule has 1 N–H and O–H groups in total. The number of aromatic nitrogens is 1. The molecular weight excluding hydrogens is 359 g/mol. The number of para-hydroxylation sites is 1. The van der Waals surface area contributed by atoms with Gasteiger partial charge < -0.3 is 14.6 Å². The molecule has 4 rings (SSSR count). The minimum absolute atomic E-state index is 0.0497. The lowest BCUT2D eigenvalue weighted by molar-refractivity contribution is -0.137. The summed E-state index contributed by atoms with van der Waals surface area (Å²) in [6.45, 7) is -0.0857. The van der Waals surface area contributed by atoms with Crippen molar-refractivity contribution in [1.82, 2.24) is 4.57 Å². The van der Waals surface area contributed by atoms with Crippen LogP contribution in [0.25, 0.3) is 10.9 Å². The lowest BCUT2D eigenvalue weighted by Gasteiger charge is -2.27. The highest BCUT2D eigenvalue weighted by atomic mass is 19.1. The molecule has 0 spiro atoms. The maximum absolute atomic E-state index is 13.5. The number of hydrogen-bond acceptors (Lipinski definition) is 2. The summed E-state index contributed by atoms with van der Waals surface area (Å²) in [5, 5.41) is 10.3. The molecule has 5 nitrogen and oxygen atoms in total. The first-order valence-electron chi connectivity index (χ1n) is 9.29. The molecule has 2 aromatic carbocycles. The number of carbonyl (C=O) groups excluding carboxylic acids is 1. The Morgan fingerprint density at radius 3 is 2.75 bits per heavy atom. The Hall–Kier alpha value is -3.15. The van der Waals surface area contributed by atoms with E-state index in [4.69, 9.17) is 0 Å². The molecule has 1 aliphatic rings. The Balaban J connectivity index is 1.66. The normalized spacial score (nSPS) is 16.0. The van der Waals surface area contributed by atoms with Crippen LogP contribution in [-0.2, 0) is 29.0 Å². The quantitative estimate of drug-likeness (QED) is 0.752. The standard InChI is InChI=1S/C22H21FN2O3/c1-24(16-6-4-5-15(23)12-16)22(28)14-9-10-20-18(11-14)17-7-2-3-8-19(17)25(20)13-21(26)27/h2-8,12,14H,9-11,13H2,1H3,(H,26,27). The first-order chi connectivity index (χ1) is 13.5. The number of anilines is 1. The molecule has 0 saturated heterocycles. The van der Waals surface area contributed by atoms with E-state index in [9.17, 15) is 19.1 Å². The topological polar surface area (TPSA) is 62.5 Å². The minimum atomic E-state index is -0.882. The highest BCUT2D eigenvalue weighted by molar-refractivity contribution is 5.96. The van der Waals surface area contributed by atoms with Crippen LogP contribution in [0.4, 0.5) is 10.1 Å². The van der Waals surface area contributed by atoms with Crippen molar-refractivity contribution in [2.45, 2.75) is 25.8 Å². The van der Waals surface area contributed by atoms with Gasteiger partial charge in [0, 0.05) is 35.2 Å². The number of carboxylic acids is 1. The summed E-state index contributed by atoms with van der Waals surface area (Å²) in [6, 6.07) is 13.7. The van der Waals surface area contributed by atoms with Crippen molar-refractivity contribution in [3.8, 4) is 0 Å². The van der Waals surface area contributed by atoms with Gasteiger partial charge in [0.15, 0.2) is 0 Å². The van der Waals surface area contributed by atoms with E-state index in [-0.39, 0.29) is 24.2 Å². The first kappa shape index (κ1) is 18.2. The van der Waals surface area contributed by atoms with Gasteiger partial charge >= 0.3 is 5.97 Å². The molecule has 0 bridgehead atoms. The van der Waals surface area contributed by atoms with Gasteiger partial charge in [-0.25, -0.2) is 4.39 Å². The van der Waals surface area contributed by atoms with E-state index in [1.807, 2.05) is 28.8 Å². The lowest BCUT2D eigenvalue weighted by atomic mass is 9.85. The molecule has 3 aromatic rings. The highest BCUT2D eigenvalue weighted by Crippen LogP contribution is 2.35. The third-order valence-corrected chi connectivity index (χ3v) is 5.54. The number of benzene rings is 2. The van der Waals surface area contributed by atoms with E-state index < -0.39 is 5.97 Å². The molecule has 144 valence electrons. The van der Waals surface area contributed by atoms with E-state index in [1.54, 1.807) is 19.2 Å². The molecule has 1 atom stereocenters. The zero-order chi connectivity index (χ0) is 19.8. The molecule has 6 heteroatoms. The van der Waals surface area contributed by atoms with Crippen molar-refractivity contribution in [2.75, 3.05) is 11.9 Å². The molecule has 1 amide bonds. The SMILES string of the molecule is CN(C(=O)C1CCc2c(c3ccccc3n2CC(=O)O)C1)c1cccc(F)c1. The zero-order valence-electron chi connectivity index (χ0n) is 15.6. The average molecular weight is 380 g/mol. The number of fused-ring (bicyclic) bond motifs is 3. The second kappa shape index (κ2) is 7.11. The van der Waals surface area contributed by atoms with Gasteiger partial charge in [-0.05, 0) is 49.1 Å². The van der Waals surface area contributed by atoms with Crippen molar-refractivity contribution in [2.24, 2.45) is 5.92 Å². The monoisotopic (exact) mass is 380 g/mol. The molecule has 0 fully saturated rings. The van der Waals surface area contributed by atoms with Crippen LogP contribution in [0.3, 0.4) is 0 Å². The van der Waals surface area contributed by atoms with Gasteiger partial charge in [-0.2, -0.15) is 0 Å². The molecule has 0 saturated carbocycles. The second-order valence-electron chi connectivity index (χ2n) is 7.24. The number of rotatable bonds is 4. The van der Waals surface area contributed by atoms with E-state index >= 15 is 0 Å². The van der Waals surface area contributed by atoms with Crippen molar-refractivity contribution >= 4 is 28.5 Å². The van der Waals surface area contributed by atoms with Crippen LogP contribution >= 0.6 is 0 Å². The summed E-state index contributed by atoms with van der Waals surface area (Å²) in [5.74, 6) is -1.52. The van der Waals surface area contributed by atoms with Gasteiger partial charge in [0.05, 0.1) is 0 Å². The van der Waals surface area contributed by atoms with E-state index in [0.29, 0.717) is 24.9 Å². The zero-order valence-corrected chi connectivity index (χ0v) is 15.6. The molecule has 0 aliphatic heterocycles. The first-order valence-corrected chi connectivity index (χ1v) is 9.29. The summed E-state index contributed by atoms with van der Waals surface area (Å²) in [4.78, 5) is 25.9. The molecular formula is C22H21FN2O3. The highest BCUT2D eigenvalue weighted by Gasteiger charge is 2.31. The number of halogens is 1. The molecule has 1 aromatic heterocycles. The van der Waals surface area contributed by atoms with Crippen LogP contribution in [0.1, 0.15) is 17.7 Å². The number of amides is 1. The van der Waals surface area contributed by atoms with Gasteiger partial charge in [0.2, 0.25) is 5.91 Å². The van der Waals surface area contributed by atoms with E-state index in [0.717, 1.165) is 22.2 Å². The number of aliphatic carboxylic acids is 1. The summed E-state index contributed by atoms with van der Waals surface area (Å²) in [6.07, 6.45) is 1.84. The van der Waals surface area contributed by atoms with Crippen LogP contribution in [0.2, 0.25) is 0 Å². The van der Waals surface area contributed by atoms with Crippen LogP contribution < -0.4 is 4.90 Å². The molecule has 28 heavy (non-hydrogen) atoms. The van der Waals surface area contributed by atoms with Crippen molar-refractivity contribution in [1.29, 1.82) is 0 Å². The number of hydrogen-bond donors (Lipinski definition) is 1. The summed E-state index contributed by atoms with van der Waals surface area (Å²) in [7, 11) is 1.67. The summed E-state index contributed by atoms with van der Waals surface area (Å²) in [5.41, 5.74) is 3.47. The van der Waals surface area contributed by atoms with Crippen molar-refractivity contribution in [3.63, 3.8) is 0 Å². The fraction of sp³-hybridized carbons (Fsp3) is 0.273. The van der Waals surface area contributed by atoms with Crippen molar-refractivity contribution in [3.05, 3.63) is 65.6 Å². The van der Waals surface area contributed by atoms with Crippen LogP contribution in [-0.4, -0.2) is 28.6 Å². The predicted molar refractivity (Wildman–Crippen MR) is 105 cm³/mol. The van der Waals surface area contributed by atoms with Crippen molar-refractivity contribution < 1.29 is 19.1 Å². The Morgan fingerprint density at radius 1 is 1.21 bits per heavy atom. The van der Waals surface area contributed by atoms with Gasteiger partial charge in [-0.3, -0.25) is 9.59 Å².